The topological polar surface area (TPSA) is 123 Å². The molecule has 0 unspecified atom stereocenters. The van der Waals surface area contributed by atoms with Crippen LogP contribution in [0.4, 0.5) is 19.0 Å². The lowest BCUT2D eigenvalue weighted by Crippen LogP contribution is -2.39. The lowest BCUT2D eigenvalue weighted by atomic mass is 10.1. The predicted octanol–water partition coefficient (Wildman–Crippen LogP) is 5.14. The van der Waals surface area contributed by atoms with Crippen molar-refractivity contribution >= 4 is 22.8 Å². The van der Waals surface area contributed by atoms with Gasteiger partial charge in [-0.05, 0) is 55.9 Å². The summed E-state index contributed by atoms with van der Waals surface area (Å²) in [5.41, 5.74) is 6.90. The quantitative estimate of drug-likeness (QED) is 0.246. The number of nitrogens with two attached hydrogens (primary N) is 1. The van der Waals surface area contributed by atoms with Gasteiger partial charge in [-0.25, -0.2) is 27.8 Å². The van der Waals surface area contributed by atoms with E-state index in [-0.39, 0.29) is 52.8 Å². The Morgan fingerprint density at radius 1 is 1.12 bits per heavy atom. The van der Waals surface area contributed by atoms with Crippen LogP contribution in [0.5, 0.6) is 11.5 Å². The Hall–Kier alpha value is -4.92. The molecule has 1 saturated carbocycles. The monoisotopic (exact) mass is 559 g/mol. The zero-order chi connectivity index (χ0) is 28.7. The molecule has 12 heteroatoms. The Morgan fingerprint density at radius 3 is 2.61 bits per heavy atom. The molecule has 0 radical (unpaired) electrons. The molecule has 1 aliphatic carbocycles. The van der Waals surface area contributed by atoms with Crippen molar-refractivity contribution in [1.82, 2.24) is 24.6 Å². The number of nitrogen functional groups attached to an aromatic ring is 1. The number of rotatable bonds is 7. The molecule has 2 aromatic carbocycles. The molecule has 1 aliphatic heterocycles. The first-order chi connectivity index (χ1) is 19.8. The molecule has 6 rings (SSSR count). The Bertz CT molecular complexity index is 1720. The number of halogens is 3. The minimum Gasteiger partial charge on any atom is -0.451 e. The average molecular weight is 560 g/mol. The first-order valence-electron chi connectivity index (χ1n) is 13.2. The summed E-state index contributed by atoms with van der Waals surface area (Å²) in [5.74, 6) is -3.31. The molecule has 2 aliphatic rings. The summed E-state index contributed by atoms with van der Waals surface area (Å²) in [6, 6.07) is 8.79. The van der Waals surface area contributed by atoms with E-state index in [1.54, 1.807) is 15.7 Å². The lowest BCUT2D eigenvalue weighted by molar-refractivity contribution is -0.127. The van der Waals surface area contributed by atoms with E-state index < -0.39 is 23.2 Å². The van der Waals surface area contributed by atoms with Gasteiger partial charge in [-0.15, -0.1) is 0 Å². The van der Waals surface area contributed by atoms with Gasteiger partial charge in [-0.2, -0.15) is 10.4 Å². The van der Waals surface area contributed by atoms with Gasteiger partial charge in [0.1, 0.15) is 41.0 Å². The van der Waals surface area contributed by atoms with Crippen LogP contribution in [0.2, 0.25) is 0 Å². The Balaban J connectivity index is 1.32. The third-order valence-electron chi connectivity index (χ3n) is 7.29. The third kappa shape index (κ3) is 5.06. The number of hydrogen-bond acceptors (Lipinski definition) is 7. The Labute approximate surface area is 232 Å². The summed E-state index contributed by atoms with van der Waals surface area (Å²) in [4.78, 5) is 23.3. The number of amides is 1. The lowest BCUT2D eigenvalue weighted by Gasteiger charge is -2.24. The van der Waals surface area contributed by atoms with Crippen molar-refractivity contribution in [2.24, 2.45) is 5.92 Å². The molecule has 41 heavy (non-hydrogen) atoms. The standard InChI is InChI=1S/C29H24F3N7O2/c30-21-4-1-5-22(31)26(21)41-19-8-9-20(23(32)12-19)25-24-27(34)35-15-36-28(24)39(37-25)14-18-3-2-10-38(18)29(40)17(13-33)11-16-6-7-16/h1,4-5,8-9,11-12,15-16,18H,2-3,6-7,10,14H2,(H2,34,35,36)/b17-11-/t18-/m1/s1. The summed E-state index contributed by atoms with van der Waals surface area (Å²) in [5, 5.41) is 14.5. The Kier molecular flexibility index (Phi) is 6.78. The molecule has 0 spiro atoms. The van der Waals surface area contributed by atoms with Gasteiger partial charge in [0.25, 0.3) is 5.91 Å². The van der Waals surface area contributed by atoms with Crippen LogP contribution in [0.25, 0.3) is 22.3 Å². The second-order valence-electron chi connectivity index (χ2n) is 10.1. The number of nitriles is 1. The zero-order valence-corrected chi connectivity index (χ0v) is 21.7. The molecule has 2 aromatic heterocycles. The number of allylic oxidation sites excluding steroid dienone is 1. The fourth-order valence-electron chi connectivity index (χ4n) is 5.10. The number of hydrogen-bond donors (Lipinski definition) is 1. The second-order valence-corrected chi connectivity index (χ2v) is 10.1. The molecule has 2 N–H and O–H groups in total. The highest BCUT2D eigenvalue weighted by atomic mass is 19.1. The van der Waals surface area contributed by atoms with Crippen LogP contribution in [-0.4, -0.2) is 43.1 Å². The van der Waals surface area contributed by atoms with Gasteiger partial charge in [-0.3, -0.25) is 4.79 Å². The molecule has 2 fully saturated rings. The van der Waals surface area contributed by atoms with Gasteiger partial charge in [0.2, 0.25) is 0 Å². The van der Waals surface area contributed by atoms with Crippen molar-refractivity contribution in [2.45, 2.75) is 38.3 Å². The van der Waals surface area contributed by atoms with E-state index in [0.29, 0.717) is 24.0 Å². The number of carbonyl (C=O) groups is 1. The minimum atomic E-state index is -0.923. The normalized spacial score (nSPS) is 17.2. The van der Waals surface area contributed by atoms with Crippen molar-refractivity contribution in [1.29, 1.82) is 5.26 Å². The van der Waals surface area contributed by atoms with Gasteiger partial charge in [0.05, 0.1) is 18.0 Å². The molecule has 1 saturated heterocycles. The molecule has 208 valence electrons. The van der Waals surface area contributed by atoms with Crippen LogP contribution in [0, 0.1) is 34.7 Å². The summed E-state index contributed by atoms with van der Waals surface area (Å²) in [6.07, 6.45) is 6.45. The molecule has 1 amide bonds. The Morgan fingerprint density at radius 2 is 1.90 bits per heavy atom. The maximum atomic E-state index is 15.4. The van der Waals surface area contributed by atoms with Crippen molar-refractivity contribution in [3.63, 3.8) is 0 Å². The van der Waals surface area contributed by atoms with E-state index in [4.69, 9.17) is 10.5 Å². The van der Waals surface area contributed by atoms with Crippen LogP contribution in [0.1, 0.15) is 25.7 Å². The first kappa shape index (κ1) is 26.3. The highest BCUT2D eigenvalue weighted by Crippen LogP contribution is 2.36. The number of anilines is 1. The van der Waals surface area contributed by atoms with Gasteiger partial charge in [-0.1, -0.05) is 12.1 Å². The van der Waals surface area contributed by atoms with Gasteiger partial charge in [0.15, 0.2) is 23.0 Å². The molecule has 9 nitrogen and oxygen atoms in total. The van der Waals surface area contributed by atoms with Crippen LogP contribution >= 0.6 is 0 Å². The molecular weight excluding hydrogens is 535 g/mol. The van der Waals surface area contributed by atoms with E-state index in [0.717, 1.165) is 37.5 Å². The number of aromatic nitrogens is 4. The van der Waals surface area contributed by atoms with Crippen molar-refractivity contribution in [2.75, 3.05) is 12.3 Å². The van der Waals surface area contributed by atoms with Crippen LogP contribution < -0.4 is 10.5 Å². The third-order valence-corrected chi connectivity index (χ3v) is 7.29. The second kappa shape index (κ2) is 10.6. The van der Waals surface area contributed by atoms with E-state index in [2.05, 4.69) is 15.1 Å². The highest BCUT2D eigenvalue weighted by molar-refractivity contribution is 5.99. The average Bonchev–Trinajstić information content (AvgIpc) is 3.53. The predicted molar refractivity (Wildman–Crippen MR) is 143 cm³/mol. The fourth-order valence-corrected chi connectivity index (χ4v) is 5.10. The largest absolute Gasteiger partial charge is 0.451 e. The first-order valence-corrected chi connectivity index (χ1v) is 13.2. The van der Waals surface area contributed by atoms with Gasteiger partial charge >= 0.3 is 0 Å². The number of nitrogens with zero attached hydrogens (tertiary/aromatic N) is 6. The number of likely N-dealkylation sites (tertiary alicyclic amines) is 1. The summed E-state index contributed by atoms with van der Waals surface area (Å²) < 4.78 is 50.3. The summed E-state index contributed by atoms with van der Waals surface area (Å²) >= 11 is 0. The molecule has 0 bridgehead atoms. The SMILES string of the molecule is N#C/C(=C/C1CC1)C(=O)N1CCC[C@@H]1Cn1nc(-c2ccc(Oc3c(F)cccc3F)cc2F)c2c(N)ncnc21. The molecular formula is C29H24F3N7O2. The molecule has 4 aromatic rings. The number of carbonyl (C=O) groups excluding carboxylic acids is 1. The summed E-state index contributed by atoms with van der Waals surface area (Å²) in [7, 11) is 0. The van der Waals surface area contributed by atoms with Crippen LogP contribution in [0.15, 0.2) is 54.4 Å². The number of fused-ring (bicyclic) bond motifs is 1. The minimum absolute atomic E-state index is 0.0510. The van der Waals surface area contributed by atoms with Crippen LogP contribution in [0.3, 0.4) is 0 Å². The number of benzene rings is 2. The van der Waals surface area contributed by atoms with Crippen molar-refractivity contribution in [3.8, 4) is 28.8 Å². The number of para-hydroxylation sites is 1. The maximum Gasteiger partial charge on any atom is 0.264 e. The van der Waals surface area contributed by atoms with E-state index in [9.17, 15) is 18.8 Å². The van der Waals surface area contributed by atoms with Gasteiger partial charge in [0, 0.05) is 18.2 Å². The molecule has 1 atom stereocenters. The fraction of sp³-hybridized carbons (Fsp3) is 0.276. The van der Waals surface area contributed by atoms with E-state index in [1.807, 2.05) is 6.07 Å². The maximum absolute atomic E-state index is 15.4. The van der Waals surface area contributed by atoms with E-state index in [1.165, 1.54) is 24.5 Å². The highest BCUT2D eigenvalue weighted by Gasteiger charge is 2.33. The van der Waals surface area contributed by atoms with Gasteiger partial charge < -0.3 is 15.4 Å². The zero-order valence-electron chi connectivity index (χ0n) is 21.7. The van der Waals surface area contributed by atoms with Crippen molar-refractivity contribution in [3.05, 3.63) is 71.8 Å². The van der Waals surface area contributed by atoms with E-state index >= 15 is 4.39 Å². The molecule has 3 heterocycles. The van der Waals surface area contributed by atoms with Crippen LogP contribution in [-0.2, 0) is 11.3 Å². The smallest absolute Gasteiger partial charge is 0.264 e. The summed E-state index contributed by atoms with van der Waals surface area (Å²) in [6.45, 7) is 0.755. The van der Waals surface area contributed by atoms with Crippen molar-refractivity contribution < 1.29 is 22.7 Å². The number of ether oxygens (including phenoxy) is 1.